The average Bonchev–Trinajstić information content (AvgIpc) is 2.54. The van der Waals surface area contributed by atoms with Gasteiger partial charge in [-0.15, -0.1) is 0 Å². The minimum absolute atomic E-state index is 0.540. The van der Waals surface area contributed by atoms with E-state index in [9.17, 15) is 0 Å². The summed E-state index contributed by atoms with van der Waals surface area (Å²) in [5.41, 5.74) is 2.26. The van der Waals surface area contributed by atoms with Crippen molar-refractivity contribution in [1.29, 1.82) is 0 Å². The Morgan fingerprint density at radius 2 is 1.90 bits per heavy atom. The second-order valence-corrected chi connectivity index (χ2v) is 4.63. The second kappa shape index (κ2) is 8.12. The highest BCUT2D eigenvalue weighted by Gasteiger charge is 2.04. The molecule has 0 aliphatic carbocycles. The first-order valence-corrected chi connectivity index (χ1v) is 6.99. The van der Waals surface area contributed by atoms with E-state index in [0.717, 1.165) is 23.6 Å². The average molecular weight is 283 g/mol. The van der Waals surface area contributed by atoms with Gasteiger partial charge in [0.1, 0.15) is 18.1 Å². The molecule has 0 radical (unpaired) electrons. The highest BCUT2D eigenvalue weighted by atomic mass is 16.5. The largest absolute Gasteiger partial charge is 0.497 e. The second-order valence-electron chi connectivity index (χ2n) is 4.63. The van der Waals surface area contributed by atoms with Crippen LogP contribution in [0.1, 0.15) is 11.1 Å². The van der Waals surface area contributed by atoms with Crippen LogP contribution < -0.4 is 14.8 Å². The SMILES string of the molecule is CNCc1cc(OC)ccc1OC/C=C/c1ccccc1. The Balaban J connectivity index is 1.97. The highest BCUT2D eigenvalue weighted by molar-refractivity contribution is 5.49. The van der Waals surface area contributed by atoms with E-state index in [-0.39, 0.29) is 0 Å². The van der Waals surface area contributed by atoms with Crippen LogP contribution in [0.25, 0.3) is 6.08 Å². The molecule has 0 fully saturated rings. The smallest absolute Gasteiger partial charge is 0.124 e. The van der Waals surface area contributed by atoms with E-state index in [1.165, 1.54) is 5.56 Å². The molecule has 2 aromatic carbocycles. The summed E-state index contributed by atoms with van der Waals surface area (Å²) in [6.45, 7) is 1.28. The van der Waals surface area contributed by atoms with Gasteiger partial charge in [-0.3, -0.25) is 0 Å². The summed E-state index contributed by atoms with van der Waals surface area (Å²) in [7, 11) is 3.58. The van der Waals surface area contributed by atoms with Crippen molar-refractivity contribution >= 4 is 6.08 Å². The maximum Gasteiger partial charge on any atom is 0.124 e. The number of rotatable bonds is 7. The first kappa shape index (κ1) is 15.1. The Morgan fingerprint density at radius 3 is 2.62 bits per heavy atom. The summed E-state index contributed by atoms with van der Waals surface area (Å²) in [6.07, 6.45) is 4.07. The molecule has 0 aromatic heterocycles. The van der Waals surface area contributed by atoms with Crippen molar-refractivity contribution in [3.8, 4) is 11.5 Å². The standard InChI is InChI=1S/C18H21NO2/c1-19-14-16-13-17(20-2)10-11-18(16)21-12-6-9-15-7-4-3-5-8-15/h3-11,13,19H,12,14H2,1-2H3/b9-6+. The van der Waals surface area contributed by atoms with Crippen molar-refractivity contribution < 1.29 is 9.47 Å². The monoisotopic (exact) mass is 283 g/mol. The Kier molecular flexibility index (Phi) is 5.85. The number of methoxy groups -OCH3 is 1. The molecular formula is C18H21NO2. The van der Waals surface area contributed by atoms with Crippen LogP contribution in [0.5, 0.6) is 11.5 Å². The molecule has 0 unspecified atom stereocenters. The van der Waals surface area contributed by atoms with Crippen LogP contribution in [-0.4, -0.2) is 20.8 Å². The van der Waals surface area contributed by atoms with E-state index in [4.69, 9.17) is 9.47 Å². The Morgan fingerprint density at radius 1 is 1.10 bits per heavy atom. The van der Waals surface area contributed by atoms with E-state index < -0.39 is 0 Å². The van der Waals surface area contributed by atoms with Gasteiger partial charge in [0.25, 0.3) is 0 Å². The molecular weight excluding hydrogens is 262 g/mol. The molecule has 0 aliphatic heterocycles. The quantitative estimate of drug-likeness (QED) is 0.843. The minimum Gasteiger partial charge on any atom is -0.497 e. The third-order valence-corrected chi connectivity index (χ3v) is 3.08. The highest BCUT2D eigenvalue weighted by Crippen LogP contribution is 2.24. The number of benzene rings is 2. The number of hydrogen-bond acceptors (Lipinski definition) is 3. The summed E-state index contributed by atoms with van der Waals surface area (Å²) in [5.74, 6) is 1.72. The van der Waals surface area contributed by atoms with Gasteiger partial charge in [0, 0.05) is 12.1 Å². The lowest BCUT2D eigenvalue weighted by atomic mass is 10.2. The Labute approximate surface area is 126 Å². The van der Waals surface area contributed by atoms with Crippen LogP contribution in [0.4, 0.5) is 0 Å². The van der Waals surface area contributed by atoms with Gasteiger partial charge in [-0.05, 0) is 36.9 Å². The summed E-state index contributed by atoms with van der Waals surface area (Å²) < 4.78 is 11.1. The van der Waals surface area contributed by atoms with E-state index in [1.807, 2.05) is 49.5 Å². The third kappa shape index (κ3) is 4.65. The zero-order valence-corrected chi connectivity index (χ0v) is 12.5. The topological polar surface area (TPSA) is 30.5 Å². The van der Waals surface area contributed by atoms with Crippen molar-refractivity contribution in [2.24, 2.45) is 0 Å². The van der Waals surface area contributed by atoms with Gasteiger partial charge < -0.3 is 14.8 Å². The first-order valence-electron chi connectivity index (χ1n) is 6.99. The lowest BCUT2D eigenvalue weighted by Gasteiger charge is -2.11. The van der Waals surface area contributed by atoms with Crippen molar-refractivity contribution in [2.45, 2.75) is 6.54 Å². The van der Waals surface area contributed by atoms with Gasteiger partial charge in [0.05, 0.1) is 7.11 Å². The van der Waals surface area contributed by atoms with Crippen LogP contribution in [0, 0.1) is 0 Å². The van der Waals surface area contributed by atoms with E-state index >= 15 is 0 Å². The van der Waals surface area contributed by atoms with Gasteiger partial charge >= 0.3 is 0 Å². The molecule has 0 heterocycles. The Hall–Kier alpha value is -2.26. The molecule has 0 amide bonds. The molecule has 110 valence electrons. The lowest BCUT2D eigenvalue weighted by molar-refractivity contribution is 0.356. The van der Waals surface area contributed by atoms with Gasteiger partial charge in [0.2, 0.25) is 0 Å². The molecule has 2 aromatic rings. The van der Waals surface area contributed by atoms with E-state index in [1.54, 1.807) is 7.11 Å². The fourth-order valence-electron chi connectivity index (χ4n) is 2.04. The van der Waals surface area contributed by atoms with Gasteiger partial charge in [-0.1, -0.05) is 36.4 Å². The lowest BCUT2D eigenvalue weighted by Crippen LogP contribution is -2.08. The Bertz CT molecular complexity index is 579. The van der Waals surface area contributed by atoms with Crippen molar-refractivity contribution in [3.05, 3.63) is 65.7 Å². The third-order valence-electron chi connectivity index (χ3n) is 3.08. The van der Waals surface area contributed by atoms with Crippen LogP contribution in [0.3, 0.4) is 0 Å². The maximum atomic E-state index is 5.83. The fraction of sp³-hybridized carbons (Fsp3) is 0.222. The molecule has 0 spiro atoms. The van der Waals surface area contributed by atoms with E-state index in [0.29, 0.717) is 6.61 Å². The van der Waals surface area contributed by atoms with Crippen molar-refractivity contribution in [3.63, 3.8) is 0 Å². The number of ether oxygens (including phenoxy) is 2. The molecule has 0 aliphatic rings. The molecule has 3 nitrogen and oxygen atoms in total. The summed E-state index contributed by atoms with van der Waals surface area (Å²) in [6, 6.07) is 16.0. The molecule has 2 rings (SSSR count). The summed E-state index contributed by atoms with van der Waals surface area (Å²) >= 11 is 0. The minimum atomic E-state index is 0.540. The van der Waals surface area contributed by atoms with Crippen LogP contribution in [0.15, 0.2) is 54.6 Å². The fourth-order valence-corrected chi connectivity index (χ4v) is 2.04. The van der Waals surface area contributed by atoms with Gasteiger partial charge in [-0.25, -0.2) is 0 Å². The van der Waals surface area contributed by atoms with Crippen molar-refractivity contribution in [1.82, 2.24) is 5.32 Å². The predicted octanol–water partition coefficient (Wildman–Crippen LogP) is 3.51. The molecule has 0 atom stereocenters. The van der Waals surface area contributed by atoms with Gasteiger partial charge in [0.15, 0.2) is 0 Å². The zero-order valence-electron chi connectivity index (χ0n) is 12.5. The maximum absolute atomic E-state index is 5.83. The molecule has 0 saturated heterocycles. The van der Waals surface area contributed by atoms with Crippen LogP contribution in [0.2, 0.25) is 0 Å². The molecule has 3 heteroatoms. The summed E-state index contributed by atoms with van der Waals surface area (Å²) in [5, 5.41) is 3.14. The summed E-state index contributed by atoms with van der Waals surface area (Å²) in [4.78, 5) is 0. The van der Waals surface area contributed by atoms with E-state index in [2.05, 4.69) is 23.5 Å². The molecule has 0 saturated carbocycles. The molecule has 0 bridgehead atoms. The molecule has 1 N–H and O–H groups in total. The van der Waals surface area contributed by atoms with Crippen LogP contribution >= 0.6 is 0 Å². The molecule has 21 heavy (non-hydrogen) atoms. The first-order chi connectivity index (χ1) is 10.3. The number of nitrogens with one attached hydrogen (secondary N) is 1. The van der Waals surface area contributed by atoms with Crippen LogP contribution in [-0.2, 0) is 6.54 Å². The van der Waals surface area contributed by atoms with Gasteiger partial charge in [-0.2, -0.15) is 0 Å². The zero-order chi connectivity index (χ0) is 14.9. The predicted molar refractivity (Wildman–Crippen MR) is 86.7 cm³/mol. The normalized spacial score (nSPS) is 10.8. The number of hydrogen-bond donors (Lipinski definition) is 1. The van der Waals surface area contributed by atoms with Crippen molar-refractivity contribution in [2.75, 3.05) is 20.8 Å².